The van der Waals surface area contributed by atoms with Crippen LogP contribution in [0.3, 0.4) is 0 Å². The predicted octanol–water partition coefficient (Wildman–Crippen LogP) is 4.73. The predicted molar refractivity (Wildman–Crippen MR) is 130 cm³/mol. The average molecular weight is 453 g/mol. The van der Waals surface area contributed by atoms with Crippen LogP contribution in [0.4, 0.5) is 16.2 Å². The molecular formula is C24H28N4O3S. The molecular weight excluding hydrogens is 424 g/mol. The molecule has 1 atom stereocenters. The summed E-state index contributed by atoms with van der Waals surface area (Å²) in [6.07, 6.45) is 0. The Hall–Kier alpha value is -3.39. The fraction of sp³-hybridized carbons (Fsp3) is 0.292. The topological polar surface area (TPSA) is 82.7 Å². The summed E-state index contributed by atoms with van der Waals surface area (Å²) < 4.78 is 5.32. The first-order valence-electron chi connectivity index (χ1n) is 10.5. The number of carbonyl (C=O) groups excluding carboxylic acids is 2. The Bertz CT molecular complexity index is 1070. The largest absolute Gasteiger partial charge is 0.463 e. The van der Waals surface area contributed by atoms with Crippen molar-refractivity contribution in [1.29, 1.82) is 0 Å². The van der Waals surface area contributed by atoms with Crippen LogP contribution in [0.5, 0.6) is 0 Å². The number of anilines is 2. The van der Waals surface area contributed by atoms with Crippen LogP contribution in [-0.4, -0.2) is 35.2 Å². The summed E-state index contributed by atoms with van der Waals surface area (Å²) >= 11 is 5.52. The van der Waals surface area contributed by atoms with E-state index in [0.717, 1.165) is 16.8 Å². The number of allylic oxidation sites excluding steroid dienone is 1. The average Bonchev–Trinajstić information content (AvgIpc) is 2.74. The van der Waals surface area contributed by atoms with E-state index in [-0.39, 0.29) is 18.6 Å². The number of rotatable bonds is 6. The Morgan fingerprint density at radius 2 is 1.72 bits per heavy atom. The number of nitrogens with one attached hydrogen (secondary N) is 3. The van der Waals surface area contributed by atoms with Crippen molar-refractivity contribution in [3.63, 3.8) is 0 Å². The van der Waals surface area contributed by atoms with Gasteiger partial charge in [0, 0.05) is 23.6 Å². The molecule has 3 N–H and O–H groups in total. The van der Waals surface area contributed by atoms with Crippen molar-refractivity contribution in [1.82, 2.24) is 10.2 Å². The zero-order valence-electron chi connectivity index (χ0n) is 18.7. The molecule has 3 rings (SSSR count). The van der Waals surface area contributed by atoms with Gasteiger partial charge in [-0.25, -0.2) is 9.59 Å². The fourth-order valence-corrected chi connectivity index (χ4v) is 4.08. The zero-order valence-corrected chi connectivity index (χ0v) is 19.5. The third-order valence-electron chi connectivity index (χ3n) is 5.16. The van der Waals surface area contributed by atoms with E-state index in [0.29, 0.717) is 28.6 Å². The standard InChI is InChI=1S/C24H28N4O3S/c1-5-28-16(4)20(22(29)31-6-2)21(27-24(28)32)17-10-8-12-19(14-17)26-23(30)25-18-11-7-9-15(3)13-18/h7-14,21H,5-6H2,1-4H3,(H,27,32)(H2,25,26,30). The molecule has 1 heterocycles. The highest BCUT2D eigenvalue weighted by Gasteiger charge is 2.34. The van der Waals surface area contributed by atoms with E-state index in [2.05, 4.69) is 16.0 Å². The quantitative estimate of drug-likeness (QED) is 0.434. The lowest BCUT2D eigenvalue weighted by molar-refractivity contribution is -0.139. The van der Waals surface area contributed by atoms with Gasteiger partial charge in [-0.15, -0.1) is 0 Å². The Morgan fingerprint density at radius 3 is 2.34 bits per heavy atom. The van der Waals surface area contributed by atoms with Crippen LogP contribution in [0.25, 0.3) is 0 Å². The van der Waals surface area contributed by atoms with Gasteiger partial charge in [0.15, 0.2) is 5.11 Å². The second kappa shape index (κ2) is 10.3. The molecule has 1 aliphatic rings. The minimum atomic E-state index is -0.481. The van der Waals surface area contributed by atoms with E-state index in [4.69, 9.17) is 17.0 Å². The van der Waals surface area contributed by atoms with E-state index in [1.165, 1.54) is 0 Å². The van der Waals surface area contributed by atoms with Gasteiger partial charge in [0.05, 0.1) is 18.2 Å². The summed E-state index contributed by atoms with van der Waals surface area (Å²) in [5, 5.41) is 9.46. The summed E-state index contributed by atoms with van der Waals surface area (Å²) in [5.41, 5.74) is 4.41. The van der Waals surface area contributed by atoms with E-state index in [1.54, 1.807) is 13.0 Å². The molecule has 0 aliphatic carbocycles. The summed E-state index contributed by atoms with van der Waals surface area (Å²) in [7, 11) is 0. The second-order valence-electron chi connectivity index (χ2n) is 7.42. The molecule has 0 saturated heterocycles. The van der Waals surface area contributed by atoms with Crippen molar-refractivity contribution in [3.05, 3.63) is 70.9 Å². The van der Waals surface area contributed by atoms with Gasteiger partial charge in [-0.2, -0.15) is 0 Å². The number of ether oxygens (including phenoxy) is 1. The summed E-state index contributed by atoms with van der Waals surface area (Å²) in [6, 6.07) is 14.1. The monoisotopic (exact) mass is 452 g/mol. The molecule has 0 spiro atoms. The number of esters is 1. The molecule has 0 aromatic heterocycles. The molecule has 0 bridgehead atoms. The van der Waals surface area contributed by atoms with Crippen LogP contribution >= 0.6 is 12.2 Å². The molecule has 2 amide bonds. The second-order valence-corrected chi connectivity index (χ2v) is 7.81. The Labute approximate surface area is 193 Å². The molecule has 2 aromatic rings. The normalized spacial score (nSPS) is 15.8. The number of nitrogens with zero attached hydrogens (tertiary/aromatic N) is 1. The number of benzene rings is 2. The third kappa shape index (κ3) is 5.26. The van der Waals surface area contributed by atoms with Gasteiger partial charge in [0.1, 0.15) is 0 Å². The highest BCUT2D eigenvalue weighted by Crippen LogP contribution is 2.32. The van der Waals surface area contributed by atoms with Crippen molar-refractivity contribution in [3.8, 4) is 0 Å². The Morgan fingerprint density at radius 1 is 1.06 bits per heavy atom. The molecule has 0 saturated carbocycles. The van der Waals surface area contributed by atoms with Gasteiger partial charge in [-0.05, 0) is 75.3 Å². The smallest absolute Gasteiger partial charge is 0.338 e. The molecule has 168 valence electrons. The Balaban J connectivity index is 1.86. The molecule has 7 nitrogen and oxygen atoms in total. The minimum Gasteiger partial charge on any atom is -0.463 e. The van der Waals surface area contributed by atoms with Gasteiger partial charge >= 0.3 is 12.0 Å². The molecule has 0 fully saturated rings. The van der Waals surface area contributed by atoms with Gasteiger partial charge < -0.3 is 25.6 Å². The van der Waals surface area contributed by atoms with Crippen LogP contribution in [0.15, 0.2) is 59.8 Å². The molecule has 0 radical (unpaired) electrons. The summed E-state index contributed by atoms with van der Waals surface area (Å²) in [5.74, 6) is -0.390. The highest BCUT2D eigenvalue weighted by molar-refractivity contribution is 7.80. The van der Waals surface area contributed by atoms with Crippen LogP contribution < -0.4 is 16.0 Å². The molecule has 1 unspecified atom stereocenters. The summed E-state index contributed by atoms with van der Waals surface area (Å²) in [4.78, 5) is 27.1. The molecule has 32 heavy (non-hydrogen) atoms. The Kier molecular flexibility index (Phi) is 7.48. The first-order chi connectivity index (χ1) is 15.3. The van der Waals surface area contributed by atoms with E-state index in [9.17, 15) is 9.59 Å². The number of urea groups is 1. The highest BCUT2D eigenvalue weighted by atomic mass is 32.1. The van der Waals surface area contributed by atoms with Crippen molar-refractivity contribution < 1.29 is 14.3 Å². The van der Waals surface area contributed by atoms with Crippen LogP contribution in [0.2, 0.25) is 0 Å². The molecule has 1 aliphatic heterocycles. The lowest BCUT2D eigenvalue weighted by Crippen LogP contribution is -2.47. The first kappa shape index (κ1) is 23.3. The van der Waals surface area contributed by atoms with Gasteiger partial charge in [-0.3, -0.25) is 0 Å². The lowest BCUT2D eigenvalue weighted by Gasteiger charge is -2.37. The van der Waals surface area contributed by atoms with E-state index >= 15 is 0 Å². The number of amides is 2. The number of carbonyl (C=O) groups is 2. The maximum Gasteiger partial charge on any atom is 0.338 e. The van der Waals surface area contributed by atoms with Gasteiger partial charge in [0.2, 0.25) is 0 Å². The fourth-order valence-electron chi connectivity index (χ4n) is 3.70. The van der Waals surface area contributed by atoms with Crippen molar-refractivity contribution >= 4 is 40.7 Å². The van der Waals surface area contributed by atoms with Crippen molar-refractivity contribution in [2.45, 2.75) is 33.7 Å². The first-order valence-corrected chi connectivity index (χ1v) is 10.9. The summed E-state index contributed by atoms with van der Waals surface area (Å²) in [6.45, 7) is 8.49. The van der Waals surface area contributed by atoms with Crippen LogP contribution in [0, 0.1) is 6.92 Å². The van der Waals surface area contributed by atoms with Gasteiger partial charge in [-0.1, -0.05) is 24.3 Å². The molecule has 8 heteroatoms. The zero-order chi connectivity index (χ0) is 23.3. The van der Waals surface area contributed by atoms with Crippen molar-refractivity contribution in [2.24, 2.45) is 0 Å². The molecule has 2 aromatic carbocycles. The third-order valence-corrected chi connectivity index (χ3v) is 5.50. The van der Waals surface area contributed by atoms with Crippen molar-refractivity contribution in [2.75, 3.05) is 23.8 Å². The van der Waals surface area contributed by atoms with Gasteiger partial charge in [0.25, 0.3) is 0 Å². The number of hydrogen-bond donors (Lipinski definition) is 3. The maximum atomic E-state index is 12.8. The van der Waals surface area contributed by atoms with E-state index < -0.39 is 6.04 Å². The lowest BCUT2D eigenvalue weighted by atomic mass is 9.94. The SMILES string of the molecule is CCOC(=O)C1=C(C)N(CC)C(=S)NC1c1cccc(NC(=O)Nc2cccc(C)c2)c1. The van der Waals surface area contributed by atoms with E-state index in [1.807, 2.05) is 68.1 Å². The van der Waals surface area contributed by atoms with Crippen LogP contribution in [-0.2, 0) is 9.53 Å². The minimum absolute atomic E-state index is 0.277. The number of thiocarbonyl (C=S) groups is 1. The maximum absolute atomic E-state index is 12.8. The number of hydrogen-bond acceptors (Lipinski definition) is 4. The van der Waals surface area contributed by atoms with Crippen LogP contribution in [0.1, 0.15) is 37.9 Å². The number of aryl methyl sites for hydroxylation is 1.